The molecule has 24 heavy (non-hydrogen) atoms. The minimum absolute atomic E-state index is 0.0187. The lowest BCUT2D eigenvalue weighted by molar-refractivity contribution is -0.128. The number of halogens is 2. The Labute approximate surface area is 136 Å². The van der Waals surface area contributed by atoms with Gasteiger partial charge in [-0.15, -0.1) is 0 Å². The van der Waals surface area contributed by atoms with Gasteiger partial charge >= 0.3 is 0 Å². The maximum atomic E-state index is 13.5. The molecule has 0 spiro atoms. The number of nitriles is 1. The Balaban J connectivity index is 2.00. The molecule has 0 saturated heterocycles. The van der Waals surface area contributed by atoms with E-state index in [4.69, 9.17) is 5.26 Å². The van der Waals surface area contributed by atoms with Gasteiger partial charge in [0.25, 0.3) is 5.91 Å². The van der Waals surface area contributed by atoms with E-state index in [2.05, 4.69) is 10.3 Å². The van der Waals surface area contributed by atoms with E-state index in [0.29, 0.717) is 0 Å². The fourth-order valence-corrected chi connectivity index (χ4v) is 2.05. The van der Waals surface area contributed by atoms with Crippen LogP contribution in [0.15, 0.2) is 42.6 Å². The van der Waals surface area contributed by atoms with Gasteiger partial charge in [-0.2, -0.15) is 5.26 Å². The molecule has 2 aromatic rings. The normalized spacial score (nSPS) is 11.4. The lowest BCUT2D eigenvalue weighted by Crippen LogP contribution is -2.29. The zero-order chi connectivity index (χ0) is 17.5. The highest BCUT2D eigenvalue weighted by Gasteiger charge is 2.26. The van der Waals surface area contributed by atoms with Crippen molar-refractivity contribution in [1.29, 1.82) is 5.26 Å². The van der Waals surface area contributed by atoms with Gasteiger partial charge in [0.1, 0.15) is 17.5 Å². The number of carbonyl (C=O) groups excluding carboxylic acids is 2. The molecule has 0 fully saturated rings. The minimum atomic E-state index is -1.54. The van der Waals surface area contributed by atoms with Crippen LogP contribution in [0.2, 0.25) is 0 Å². The number of aryl methyl sites for hydroxylation is 1. The second-order valence-electron chi connectivity index (χ2n) is 4.97. The number of anilines is 1. The third-order valence-corrected chi connectivity index (χ3v) is 3.28. The van der Waals surface area contributed by atoms with E-state index in [1.54, 1.807) is 18.2 Å². The number of hydrogen-bond acceptors (Lipinski definition) is 4. The van der Waals surface area contributed by atoms with Gasteiger partial charge in [-0.05, 0) is 42.3 Å². The standard InChI is InChI=1S/C17H13F2N3O2/c18-12-5-6-14(19)11(9-12)4-7-15(23)13(10-20)17(24)22-16-3-1-2-8-21-16/h1-3,5-6,8-9,13H,4,7H2,(H,21,22,24). The van der Waals surface area contributed by atoms with Crippen molar-refractivity contribution in [3.63, 3.8) is 0 Å². The lowest BCUT2D eigenvalue weighted by atomic mass is 9.98. The van der Waals surface area contributed by atoms with E-state index in [1.807, 2.05) is 0 Å². The number of hydrogen-bond donors (Lipinski definition) is 1. The summed E-state index contributed by atoms with van der Waals surface area (Å²) >= 11 is 0. The first-order valence-electron chi connectivity index (χ1n) is 7.09. The van der Waals surface area contributed by atoms with Crippen LogP contribution in [0.3, 0.4) is 0 Å². The Morgan fingerprint density at radius 2 is 2.04 bits per heavy atom. The number of Topliss-reactive ketones (excluding diaryl/α,β-unsaturated/α-hetero) is 1. The molecular weight excluding hydrogens is 316 g/mol. The van der Waals surface area contributed by atoms with Crippen LogP contribution in [0.25, 0.3) is 0 Å². The van der Waals surface area contributed by atoms with Gasteiger partial charge in [-0.3, -0.25) is 9.59 Å². The molecule has 1 aromatic carbocycles. The summed E-state index contributed by atoms with van der Waals surface area (Å²) in [6.45, 7) is 0. The lowest BCUT2D eigenvalue weighted by Gasteiger charge is -2.09. The number of aromatic nitrogens is 1. The Morgan fingerprint density at radius 3 is 2.71 bits per heavy atom. The van der Waals surface area contributed by atoms with Crippen LogP contribution in [-0.4, -0.2) is 16.7 Å². The van der Waals surface area contributed by atoms with Crippen molar-refractivity contribution in [3.8, 4) is 6.07 Å². The second-order valence-corrected chi connectivity index (χ2v) is 4.97. The molecule has 1 aromatic heterocycles. The number of ketones is 1. The van der Waals surface area contributed by atoms with Gasteiger partial charge in [-0.25, -0.2) is 13.8 Å². The highest BCUT2D eigenvalue weighted by molar-refractivity contribution is 6.09. The third-order valence-electron chi connectivity index (χ3n) is 3.28. The van der Waals surface area contributed by atoms with Crippen LogP contribution in [0, 0.1) is 28.9 Å². The smallest absolute Gasteiger partial charge is 0.250 e. The monoisotopic (exact) mass is 329 g/mol. The number of carbonyl (C=O) groups is 2. The first kappa shape index (κ1) is 17.2. The molecule has 0 radical (unpaired) electrons. The zero-order valence-electron chi connectivity index (χ0n) is 12.5. The summed E-state index contributed by atoms with van der Waals surface area (Å²) in [6.07, 6.45) is 1.09. The first-order valence-corrected chi connectivity index (χ1v) is 7.09. The summed E-state index contributed by atoms with van der Waals surface area (Å²) in [7, 11) is 0. The zero-order valence-corrected chi connectivity index (χ0v) is 12.5. The van der Waals surface area contributed by atoms with E-state index < -0.39 is 29.2 Å². The number of nitrogens with zero attached hydrogens (tertiary/aromatic N) is 2. The maximum absolute atomic E-state index is 13.5. The fraction of sp³-hybridized carbons (Fsp3) is 0.176. The summed E-state index contributed by atoms with van der Waals surface area (Å²) < 4.78 is 26.6. The van der Waals surface area contributed by atoms with Crippen LogP contribution < -0.4 is 5.32 Å². The molecule has 1 heterocycles. The predicted octanol–water partition coefficient (Wildman–Crippen LogP) is 2.64. The number of benzene rings is 1. The Hall–Kier alpha value is -3.14. The SMILES string of the molecule is N#CC(C(=O)CCc1cc(F)ccc1F)C(=O)Nc1ccccn1. The summed E-state index contributed by atoms with van der Waals surface area (Å²) in [5, 5.41) is 11.4. The molecular formula is C17H13F2N3O2. The average molecular weight is 329 g/mol. The largest absolute Gasteiger partial charge is 0.309 e. The molecule has 0 bridgehead atoms. The molecule has 0 saturated carbocycles. The summed E-state index contributed by atoms with van der Waals surface area (Å²) in [5.74, 6) is -4.06. The van der Waals surface area contributed by atoms with Crippen LogP contribution >= 0.6 is 0 Å². The Morgan fingerprint density at radius 1 is 1.25 bits per heavy atom. The molecule has 0 aliphatic rings. The van der Waals surface area contributed by atoms with Gasteiger partial charge < -0.3 is 5.32 Å². The van der Waals surface area contributed by atoms with E-state index in [1.165, 1.54) is 12.3 Å². The van der Waals surface area contributed by atoms with Gasteiger partial charge in [0, 0.05) is 12.6 Å². The Bertz CT molecular complexity index is 788. The van der Waals surface area contributed by atoms with Crippen LogP contribution in [-0.2, 0) is 16.0 Å². The summed E-state index contributed by atoms with van der Waals surface area (Å²) in [4.78, 5) is 27.9. The molecule has 7 heteroatoms. The number of rotatable bonds is 6. The number of pyridine rings is 1. The number of amides is 1. The van der Waals surface area contributed by atoms with Gasteiger partial charge in [0.05, 0.1) is 6.07 Å². The van der Waals surface area contributed by atoms with Crippen molar-refractivity contribution in [2.45, 2.75) is 12.8 Å². The maximum Gasteiger partial charge on any atom is 0.250 e. The van der Waals surface area contributed by atoms with Crippen LogP contribution in [0.1, 0.15) is 12.0 Å². The van der Waals surface area contributed by atoms with Gasteiger partial charge in [0.15, 0.2) is 11.7 Å². The van der Waals surface area contributed by atoms with Crippen molar-refractivity contribution in [2.24, 2.45) is 5.92 Å². The fourth-order valence-electron chi connectivity index (χ4n) is 2.05. The van der Waals surface area contributed by atoms with Crippen molar-refractivity contribution >= 4 is 17.5 Å². The highest BCUT2D eigenvalue weighted by atomic mass is 19.1. The Kier molecular flexibility index (Phi) is 5.68. The highest BCUT2D eigenvalue weighted by Crippen LogP contribution is 2.14. The van der Waals surface area contributed by atoms with E-state index in [9.17, 15) is 18.4 Å². The first-order chi connectivity index (χ1) is 11.5. The van der Waals surface area contributed by atoms with Gasteiger partial charge in [-0.1, -0.05) is 6.07 Å². The minimum Gasteiger partial charge on any atom is -0.309 e. The second kappa shape index (κ2) is 7.92. The third kappa shape index (κ3) is 4.43. The van der Waals surface area contributed by atoms with E-state index in [0.717, 1.165) is 18.2 Å². The molecule has 2 rings (SSSR count). The topological polar surface area (TPSA) is 82.8 Å². The van der Waals surface area contributed by atoms with Crippen LogP contribution in [0.4, 0.5) is 14.6 Å². The number of nitrogens with one attached hydrogen (secondary N) is 1. The van der Waals surface area contributed by atoms with Crippen LogP contribution in [0.5, 0.6) is 0 Å². The molecule has 1 N–H and O–H groups in total. The van der Waals surface area contributed by atoms with Crippen molar-refractivity contribution in [1.82, 2.24) is 4.98 Å². The van der Waals surface area contributed by atoms with E-state index in [-0.39, 0.29) is 24.2 Å². The quantitative estimate of drug-likeness (QED) is 0.826. The molecule has 1 atom stereocenters. The molecule has 122 valence electrons. The van der Waals surface area contributed by atoms with E-state index >= 15 is 0 Å². The molecule has 0 aliphatic heterocycles. The average Bonchev–Trinajstić information content (AvgIpc) is 2.57. The molecule has 1 amide bonds. The van der Waals surface area contributed by atoms with Crippen molar-refractivity contribution in [3.05, 3.63) is 59.8 Å². The predicted molar refractivity (Wildman–Crippen MR) is 81.7 cm³/mol. The molecule has 5 nitrogen and oxygen atoms in total. The van der Waals surface area contributed by atoms with Crippen molar-refractivity contribution < 1.29 is 18.4 Å². The van der Waals surface area contributed by atoms with Gasteiger partial charge in [0.2, 0.25) is 0 Å². The molecule has 0 aliphatic carbocycles. The summed E-state index contributed by atoms with van der Waals surface area (Å²) in [5.41, 5.74) is 0.0187. The summed E-state index contributed by atoms with van der Waals surface area (Å²) in [6, 6.07) is 9.34. The molecule has 1 unspecified atom stereocenters. The van der Waals surface area contributed by atoms with Crippen molar-refractivity contribution in [2.75, 3.05) is 5.32 Å².